The lowest BCUT2D eigenvalue weighted by Gasteiger charge is -2.26. The van der Waals surface area contributed by atoms with Gasteiger partial charge in [-0.05, 0) is 83.5 Å². The summed E-state index contributed by atoms with van der Waals surface area (Å²) in [5.74, 6) is -2.29. The van der Waals surface area contributed by atoms with Gasteiger partial charge in [-0.15, -0.1) is 0 Å². The molecule has 0 bridgehead atoms. The number of hydrogen-bond acceptors (Lipinski definition) is 8. The van der Waals surface area contributed by atoms with Crippen molar-refractivity contribution in [2.45, 2.75) is 328 Å². The lowest BCUT2D eigenvalue weighted by molar-refractivity contribution is -0.870. The Bertz CT molecular complexity index is 1570. The van der Waals surface area contributed by atoms with Gasteiger partial charge >= 0.3 is 11.9 Å². The van der Waals surface area contributed by atoms with Crippen LogP contribution in [0.3, 0.4) is 0 Å². The topological polar surface area (TPSA) is 111 Å². The number of nitrogens with zero attached hydrogens (tertiary/aromatic N) is 1. The van der Waals surface area contributed by atoms with E-state index in [9.17, 15) is 19.5 Å². The molecule has 9 heteroatoms. The number of carbonyl (C=O) groups is 3. The average Bonchev–Trinajstić information content (AvgIpc) is 3.45. The van der Waals surface area contributed by atoms with Crippen molar-refractivity contribution in [2.24, 2.45) is 0 Å². The number of carboxylic acids is 1. The SMILES string of the molecule is CC/C=C\C/C=C\C/C=C\C/C=C\CCCCCCCCCCCCCCCCCCCCCCCCCCCCCCC(=O)OC(COC(=O)CCCCCCC/C=C\C/C=C\CCCCCC)COC(OCC[N+](C)(C)C)C(=O)[O-]. The van der Waals surface area contributed by atoms with Gasteiger partial charge in [-0.25, -0.2) is 0 Å². The van der Waals surface area contributed by atoms with Gasteiger partial charge in [0.2, 0.25) is 0 Å². The average molecular weight is 1150 g/mol. The highest BCUT2D eigenvalue weighted by Crippen LogP contribution is 2.18. The van der Waals surface area contributed by atoms with Crippen molar-refractivity contribution < 1.29 is 42.9 Å². The number of quaternary nitrogens is 1. The van der Waals surface area contributed by atoms with Crippen molar-refractivity contribution >= 4 is 17.9 Å². The Kier molecular flexibility index (Phi) is 61.2. The molecule has 0 saturated carbocycles. The molecule has 0 radical (unpaired) electrons. The summed E-state index contributed by atoms with van der Waals surface area (Å²) in [4.78, 5) is 37.4. The van der Waals surface area contributed by atoms with E-state index in [0.29, 0.717) is 17.4 Å². The molecular weight excluding hydrogens is 1020 g/mol. The van der Waals surface area contributed by atoms with Gasteiger partial charge in [0.15, 0.2) is 12.4 Å². The monoisotopic (exact) mass is 1150 g/mol. The highest BCUT2D eigenvalue weighted by atomic mass is 16.7. The van der Waals surface area contributed by atoms with Gasteiger partial charge in [-0.2, -0.15) is 0 Å². The molecule has 0 heterocycles. The van der Waals surface area contributed by atoms with E-state index >= 15 is 0 Å². The van der Waals surface area contributed by atoms with Crippen LogP contribution < -0.4 is 5.11 Å². The van der Waals surface area contributed by atoms with E-state index in [-0.39, 0.29) is 38.6 Å². The fourth-order valence-electron chi connectivity index (χ4n) is 9.91. The third-order valence-electron chi connectivity index (χ3n) is 15.2. The molecule has 476 valence electrons. The van der Waals surface area contributed by atoms with Crippen molar-refractivity contribution in [2.75, 3.05) is 47.5 Å². The Balaban J connectivity index is 3.93. The summed E-state index contributed by atoms with van der Waals surface area (Å²) < 4.78 is 22.7. The quantitative estimate of drug-likeness (QED) is 0.0195. The van der Waals surface area contributed by atoms with Crippen LogP contribution in [-0.2, 0) is 33.3 Å². The fourth-order valence-corrected chi connectivity index (χ4v) is 9.91. The van der Waals surface area contributed by atoms with E-state index in [2.05, 4.69) is 86.8 Å². The van der Waals surface area contributed by atoms with Gasteiger partial charge in [0.25, 0.3) is 0 Å². The second-order valence-corrected chi connectivity index (χ2v) is 24.4. The molecule has 2 atom stereocenters. The first kappa shape index (κ1) is 78.7. The number of hydrogen-bond donors (Lipinski definition) is 0. The molecule has 82 heavy (non-hydrogen) atoms. The van der Waals surface area contributed by atoms with Crippen LogP contribution in [0.4, 0.5) is 0 Å². The molecular formula is C73H131NO8. The van der Waals surface area contributed by atoms with Crippen LogP contribution in [0.25, 0.3) is 0 Å². The van der Waals surface area contributed by atoms with E-state index in [1.54, 1.807) is 0 Å². The van der Waals surface area contributed by atoms with E-state index in [1.165, 1.54) is 199 Å². The predicted molar refractivity (Wildman–Crippen MR) is 348 cm³/mol. The number of carboxylic acid groups (broad SMARTS) is 1. The highest BCUT2D eigenvalue weighted by molar-refractivity contribution is 5.70. The number of carbonyl (C=O) groups excluding carboxylic acids is 3. The summed E-state index contributed by atoms with van der Waals surface area (Å²) in [7, 11) is 5.93. The first-order chi connectivity index (χ1) is 40.1. The molecule has 0 spiro atoms. The number of esters is 2. The maximum atomic E-state index is 12.9. The third-order valence-corrected chi connectivity index (χ3v) is 15.2. The molecule has 0 aromatic heterocycles. The molecule has 0 fully saturated rings. The molecule has 0 amide bonds. The molecule has 0 aromatic carbocycles. The molecule has 2 unspecified atom stereocenters. The minimum absolute atomic E-state index is 0.146. The summed E-state index contributed by atoms with van der Waals surface area (Å²) in [5, 5.41) is 11.8. The number of rotatable bonds is 64. The largest absolute Gasteiger partial charge is 0.545 e. The van der Waals surface area contributed by atoms with Gasteiger partial charge in [-0.1, -0.05) is 292 Å². The van der Waals surface area contributed by atoms with E-state index in [4.69, 9.17) is 18.9 Å². The summed E-state index contributed by atoms with van der Waals surface area (Å²) in [6.45, 7) is 4.63. The van der Waals surface area contributed by atoms with Gasteiger partial charge in [0.1, 0.15) is 13.2 Å². The van der Waals surface area contributed by atoms with E-state index < -0.39 is 24.3 Å². The molecule has 0 aromatic rings. The highest BCUT2D eigenvalue weighted by Gasteiger charge is 2.22. The number of allylic oxidation sites excluding steroid dienone is 12. The van der Waals surface area contributed by atoms with Crippen molar-refractivity contribution in [1.82, 2.24) is 0 Å². The lowest BCUT2D eigenvalue weighted by Crippen LogP contribution is -2.44. The molecule has 0 aliphatic heterocycles. The van der Waals surface area contributed by atoms with Crippen LogP contribution in [0.15, 0.2) is 72.9 Å². The number of unbranched alkanes of at least 4 members (excludes halogenated alkanes) is 37. The Morgan fingerprint density at radius 1 is 0.378 bits per heavy atom. The van der Waals surface area contributed by atoms with Crippen molar-refractivity contribution in [3.63, 3.8) is 0 Å². The summed E-state index contributed by atoms with van der Waals surface area (Å²) in [6.07, 6.45) is 81.5. The van der Waals surface area contributed by atoms with Gasteiger partial charge in [0.05, 0.1) is 40.3 Å². The predicted octanol–water partition coefficient (Wildman–Crippen LogP) is 20.0. The lowest BCUT2D eigenvalue weighted by atomic mass is 10.0. The smallest absolute Gasteiger partial charge is 0.306 e. The van der Waals surface area contributed by atoms with Crippen LogP contribution in [0, 0.1) is 0 Å². The molecule has 0 rings (SSSR count). The Labute approximate surface area is 507 Å². The first-order valence-corrected chi connectivity index (χ1v) is 34.6. The molecule has 0 aliphatic carbocycles. The van der Waals surface area contributed by atoms with Crippen LogP contribution in [0.2, 0.25) is 0 Å². The van der Waals surface area contributed by atoms with Gasteiger partial charge in [0, 0.05) is 12.8 Å². The number of aliphatic carboxylic acids is 1. The maximum Gasteiger partial charge on any atom is 0.306 e. The number of likely N-dealkylation sites (N-methyl/N-ethyl adjacent to an activating group) is 1. The zero-order chi connectivity index (χ0) is 59.8. The Morgan fingerprint density at radius 3 is 1.04 bits per heavy atom. The van der Waals surface area contributed by atoms with Crippen molar-refractivity contribution in [3.05, 3.63) is 72.9 Å². The molecule has 0 saturated heterocycles. The molecule has 0 aliphatic rings. The zero-order valence-electron chi connectivity index (χ0n) is 54.4. The summed E-state index contributed by atoms with van der Waals surface area (Å²) in [6, 6.07) is 0. The van der Waals surface area contributed by atoms with E-state index in [0.717, 1.165) is 83.5 Å². The standard InChI is InChI=1S/C73H131NO8/c1-6-8-10-12-14-16-18-20-22-24-25-26-27-28-29-30-31-32-33-34-35-36-37-38-39-40-41-42-43-44-45-46-47-48-50-52-54-56-58-60-62-64-71(76)82-69(68-81-73(72(77)78)79-66-65-74(3,4)5)67-80-70(75)63-61-59-57-55-53-51-49-23-21-19-17-15-13-11-9-7-2/h8,10,14,16-17,19-20,22-23,25-26,49,69,73H,6-7,9,11-13,15,18,21,24,27-48,50-68H2,1-5H3/b10-8-,16-14-,19-17-,22-20-,26-25-,49-23-. The van der Waals surface area contributed by atoms with Crippen LogP contribution in [-0.4, -0.2) is 82.3 Å². The van der Waals surface area contributed by atoms with Crippen LogP contribution >= 0.6 is 0 Å². The third kappa shape index (κ3) is 64.3. The second-order valence-electron chi connectivity index (χ2n) is 24.4. The van der Waals surface area contributed by atoms with E-state index in [1.807, 2.05) is 21.1 Å². The van der Waals surface area contributed by atoms with Crippen molar-refractivity contribution in [1.29, 1.82) is 0 Å². The number of ether oxygens (including phenoxy) is 4. The van der Waals surface area contributed by atoms with Gasteiger partial charge in [-0.3, -0.25) is 9.59 Å². The minimum Gasteiger partial charge on any atom is -0.545 e. The normalized spacial score (nSPS) is 13.1. The summed E-state index contributed by atoms with van der Waals surface area (Å²) >= 11 is 0. The Hall–Kier alpha value is -3.27. The van der Waals surface area contributed by atoms with Crippen LogP contribution in [0.1, 0.15) is 316 Å². The van der Waals surface area contributed by atoms with Crippen LogP contribution in [0.5, 0.6) is 0 Å². The molecule has 0 N–H and O–H groups in total. The summed E-state index contributed by atoms with van der Waals surface area (Å²) in [5.41, 5.74) is 0. The second kappa shape index (κ2) is 63.7. The molecule has 9 nitrogen and oxygen atoms in total. The van der Waals surface area contributed by atoms with Gasteiger partial charge < -0.3 is 33.3 Å². The minimum atomic E-state index is -1.62. The Morgan fingerprint density at radius 2 is 0.695 bits per heavy atom. The first-order valence-electron chi connectivity index (χ1n) is 34.6. The van der Waals surface area contributed by atoms with Crippen molar-refractivity contribution in [3.8, 4) is 0 Å². The zero-order valence-corrected chi connectivity index (χ0v) is 54.4. The fraction of sp³-hybridized carbons (Fsp3) is 0.795. The maximum absolute atomic E-state index is 12.9.